The van der Waals surface area contributed by atoms with Gasteiger partial charge in [-0.25, -0.2) is 0 Å². The van der Waals surface area contributed by atoms with Crippen molar-refractivity contribution in [1.82, 2.24) is 0 Å². The Morgan fingerprint density at radius 2 is 1.58 bits per heavy atom. The van der Waals surface area contributed by atoms with Crippen molar-refractivity contribution in [2.75, 3.05) is 0 Å². The van der Waals surface area contributed by atoms with E-state index in [1.54, 1.807) is 0 Å². The van der Waals surface area contributed by atoms with Gasteiger partial charge in [0.05, 0.1) is 6.92 Å². The maximum Gasteiger partial charge on any atom is 0.498 e. The second-order valence-corrected chi connectivity index (χ2v) is 7.79. The van der Waals surface area contributed by atoms with Crippen LogP contribution in [-0.4, -0.2) is 18.3 Å². The maximum atomic E-state index is 6.23. The van der Waals surface area contributed by atoms with E-state index in [0.717, 1.165) is 33.3 Å². The van der Waals surface area contributed by atoms with Crippen LogP contribution < -0.4 is 10.2 Å². The molecular weight excluding hydrogens is 323 g/mol. The molecule has 0 bridgehead atoms. The summed E-state index contributed by atoms with van der Waals surface area (Å²) < 4.78 is 18.6. The van der Waals surface area contributed by atoms with Crippen LogP contribution >= 0.6 is 0 Å². The molecule has 2 aliphatic heterocycles. The van der Waals surface area contributed by atoms with Gasteiger partial charge in [0.15, 0.2) is 0 Å². The average molecular weight is 343 g/mol. The van der Waals surface area contributed by atoms with Crippen molar-refractivity contribution < 1.29 is 14.0 Å². The van der Waals surface area contributed by atoms with Gasteiger partial charge in [-0.05, 0) is 42.4 Å². The third-order valence-electron chi connectivity index (χ3n) is 5.73. The quantitative estimate of drug-likeness (QED) is 0.370. The lowest BCUT2D eigenvalue weighted by Crippen LogP contribution is -2.42. The molecule has 1 atom stereocenters. The molecule has 2 heterocycles. The van der Waals surface area contributed by atoms with E-state index in [9.17, 15) is 0 Å². The van der Waals surface area contributed by atoms with Crippen molar-refractivity contribution in [3.8, 4) is 22.6 Å². The molecule has 3 nitrogen and oxygen atoms in total. The van der Waals surface area contributed by atoms with Crippen LogP contribution in [0.3, 0.4) is 0 Å². The van der Waals surface area contributed by atoms with Gasteiger partial charge in [-0.2, -0.15) is 0 Å². The molecule has 26 heavy (non-hydrogen) atoms. The van der Waals surface area contributed by atoms with Gasteiger partial charge in [0, 0.05) is 17.9 Å². The van der Waals surface area contributed by atoms with Gasteiger partial charge in [-0.1, -0.05) is 42.5 Å². The average Bonchev–Trinajstić information content (AvgIpc) is 2.83. The van der Waals surface area contributed by atoms with Crippen LogP contribution in [0.15, 0.2) is 54.6 Å². The highest BCUT2D eigenvalue weighted by Crippen LogP contribution is 2.46. The van der Waals surface area contributed by atoms with E-state index in [2.05, 4.69) is 31.2 Å². The van der Waals surface area contributed by atoms with Crippen LogP contribution in [0, 0.1) is 6.92 Å². The molecule has 1 fully saturated rings. The number of para-hydroxylation sites is 1. The van der Waals surface area contributed by atoms with E-state index >= 15 is 0 Å². The van der Waals surface area contributed by atoms with Crippen molar-refractivity contribution in [2.45, 2.75) is 32.0 Å². The molecule has 0 N–H and O–H groups in total. The van der Waals surface area contributed by atoms with Crippen molar-refractivity contribution in [1.29, 1.82) is 0 Å². The fraction of sp³-hybridized carbons (Fsp3) is 0.227. The van der Waals surface area contributed by atoms with Crippen LogP contribution in [0.1, 0.15) is 20.8 Å². The number of benzene rings is 3. The highest BCUT2D eigenvalue weighted by Gasteiger charge is 2.57. The summed E-state index contributed by atoms with van der Waals surface area (Å²) in [6, 6.07) is 18.5. The zero-order valence-corrected chi connectivity index (χ0v) is 15.2. The Balaban J connectivity index is 1.72. The van der Waals surface area contributed by atoms with Gasteiger partial charge in [0.2, 0.25) is 5.60 Å². The Hall–Kier alpha value is -2.43. The normalized spacial score (nSPS) is 23.0. The highest BCUT2D eigenvalue weighted by atomic mass is 16.7. The van der Waals surface area contributed by atoms with Gasteiger partial charge in [0.1, 0.15) is 17.1 Å². The van der Waals surface area contributed by atoms with Crippen LogP contribution in [0.2, 0.25) is 0 Å². The fourth-order valence-electron chi connectivity index (χ4n) is 3.73. The van der Waals surface area contributed by atoms with Gasteiger partial charge in [-0.15, -0.1) is 0 Å². The number of hydrogen-bond acceptors (Lipinski definition) is 3. The molecule has 0 saturated carbocycles. The molecule has 2 aliphatic rings. The van der Waals surface area contributed by atoms with E-state index in [4.69, 9.17) is 14.0 Å². The van der Waals surface area contributed by atoms with Crippen LogP contribution in [0.4, 0.5) is 0 Å². The molecule has 1 unspecified atom stereocenters. The molecular formula is C22H20BO3+. The summed E-state index contributed by atoms with van der Waals surface area (Å²) in [6.45, 7) is 10.2. The summed E-state index contributed by atoms with van der Waals surface area (Å²) in [6.07, 6.45) is 0. The Labute approximate surface area is 154 Å². The first-order valence-electron chi connectivity index (χ1n) is 8.91. The van der Waals surface area contributed by atoms with Crippen LogP contribution in [-0.2, 0) is 9.31 Å². The van der Waals surface area contributed by atoms with Gasteiger partial charge < -0.3 is 14.0 Å². The number of fused-ring (bicyclic) bond motifs is 2. The predicted molar refractivity (Wildman–Crippen MR) is 105 cm³/mol. The molecule has 128 valence electrons. The molecule has 0 aromatic heterocycles. The number of ether oxygens (including phenoxy) is 1. The van der Waals surface area contributed by atoms with Crippen molar-refractivity contribution in [2.24, 2.45) is 0 Å². The molecule has 0 amide bonds. The third kappa shape index (κ3) is 2.06. The summed E-state index contributed by atoms with van der Waals surface area (Å²) in [5.41, 5.74) is 2.21. The first kappa shape index (κ1) is 15.8. The topological polar surface area (TPSA) is 27.7 Å². The fourth-order valence-corrected chi connectivity index (χ4v) is 3.73. The standard InChI is InChI=1S/C22H20BO3/c1-21(2)22(3,4)26-23(25-21)17-12-13-19-20-15(9-7-10-16(17)20)14-8-5-6-11-18(14)24-19/h5-13H,1H2,2-4H3/q+1. The minimum Gasteiger partial charge on any atom is -0.456 e. The molecule has 0 aliphatic carbocycles. The zero-order chi connectivity index (χ0) is 18.1. The largest absolute Gasteiger partial charge is 0.498 e. The van der Waals surface area contributed by atoms with Gasteiger partial charge >= 0.3 is 7.12 Å². The van der Waals surface area contributed by atoms with Crippen molar-refractivity contribution >= 4 is 23.4 Å². The van der Waals surface area contributed by atoms with E-state index < -0.39 is 18.3 Å². The van der Waals surface area contributed by atoms with Gasteiger partial charge in [0.25, 0.3) is 0 Å². The Morgan fingerprint density at radius 1 is 0.808 bits per heavy atom. The summed E-state index contributed by atoms with van der Waals surface area (Å²) in [7, 11) is -0.450. The molecule has 0 spiro atoms. The monoisotopic (exact) mass is 343 g/mol. The Bertz CT molecular complexity index is 1020. The van der Waals surface area contributed by atoms with Gasteiger partial charge in [-0.3, -0.25) is 0 Å². The second-order valence-electron chi connectivity index (χ2n) is 7.79. The molecule has 5 rings (SSSR count). The minimum absolute atomic E-state index is 0.450. The molecule has 3 aromatic carbocycles. The van der Waals surface area contributed by atoms with Crippen molar-refractivity contribution in [3.05, 3.63) is 61.5 Å². The summed E-state index contributed by atoms with van der Waals surface area (Å²) in [5, 5.41) is 2.19. The van der Waals surface area contributed by atoms with E-state index in [0.29, 0.717) is 0 Å². The van der Waals surface area contributed by atoms with Crippen LogP contribution in [0.5, 0.6) is 11.5 Å². The Kier molecular flexibility index (Phi) is 3.07. The minimum atomic E-state index is -0.611. The van der Waals surface area contributed by atoms with E-state index in [-0.39, 0.29) is 0 Å². The highest BCUT2D eigenvalue weighted by molar-refractivity contribution is 6.65. The molecule has 3 aromatic rings. The first-order valence-corrected chi connectivity index (χ1v) is 8.91. The second kappa shape index (κ2) is 5.06. The van der Waals surface area contributed by atoms with Crippen LogP contribution in [0.25, 0.3) is 21.9 Å². The predicted octanol–water partition coefficient (Wildman–Crippen LogP) is 4.73. The number of rotatable bonds is 1. The summed E-state index contributed by atoms with van der Waals surface area (Å²) in [5.74, 6) is 1.76. The SMILES string of the molecule is [CH2+]C1(C)OB(c2ccc3c4c(cccc24)-c2ccccc2O3)OC1(C)C. The lowest BCUT2D eigenvalue weighted by molar-refractivity contribution is 0.0262. The summed E-state index contributed by atoms with van der Waals surface area (Å²) in [4.78, 5) is 0. The Morgan fingerprint density at radius 3 is 2.35 bits per heavy atom. The lowest BCUT2D eigenvalue weighted by atomic mass is 9.75. The first-order chi connectivity index (χ1) is 12.4. The van der Waals surface area contributed by atoms with Crippen molar-refractivity contribution in [3.63, 3.8) is 0 Å². The zero-order valence-electron chi connectivity index (χ0n) is 15.2. The van der Waals surface area contributed by atoms with E-state index in [1.165, 1.54) is 5.56 Å². The summed E-state index contributed by atoms with van der Waals surface area (Å²) >= 11 is 0. The smallest absolute Gasteiger partial charge is 0.456 e. The molecule has 4 heteroatoms. The lowest BCUT2D eigenvalue weighted by Gasteiger charge is -2.25. The molecule has 1 saturated heterocycles. The third-order valence-corrected chi connectivity index (χ3v) is 5.73. The maximum absolute atomic E-state index is 6.23. The van der Waals surface area contributed by atoms with E-state index in [1.807, 2.05) is 51.1 Å². The number of hydrogen-bond donors (Lipinski definition) is 0. The molecule has 0 radical (unpaired) electrons.